The maximum atomic E-state index is 12.3. The smallest absolute Gasteiger partial charge is 0.251 e. The maximum absolute atomic E-state index is 12.3. The topological polar surface area (TPSA) is 58.6 Å². The van der Waals surface area contributed by atoms with Crippen LogP contribution in [-0.4, -0.2) is 49.6 Å². The number of carbonyl (C=O) groups excluding carboxylic acids is 2. The molecule has 132 valence electrons. The third-order valence-corrected chi connectivity index (χ3v) is 5.24. The predicted octanol–water partition coefficient (Wildman–Crippen LogP) is 3.14. The molecule has 0 radical (unpaired) electrons. The average molecular weight is 373 g/mol. The molecule has 0 saturated heterocycles. The van der Waals surface area contributed by atoms with Gasteiger partial charge >= 0.3 is 0 Å². The first-order valence-electron chi connectivity index (χ1n) is 7.94. The molecule has 2 amide bonds. The molecule has 0 aliphatic heterocycles. The van der Waals surface area contributed by atoms with Crippen molar-refractivity contribution in [3.63, 3.8) is 0 Å². The summed E-state index contributed by atoms with van der Waals surface area (Å²) in [7, 11) is 3.50. The Labute approximate surface area is 152 Å². The monoisotopic (exact) mass is 372 g/mol. The highest BCUT2D eigenvalue weighted by molar-refractivity contribution is 6.42. The zero-order valence-corrected chi connectivity index (χ0v) is 15.4. The summed E-state index contributed by atoms with van der Waals surface area (Å²) in [5.41, 5.74) is 0.375. The number of nitrogens with zero attached hydrogens (tertiary/aromatic N) is 1. The number of methoxy groups -OCH3 is 1. The van der Waals surface area contributed by atoms with Crippen molar-refractivity contribution < 1.29 is 14.3 Å². The van der Waals surface area contributed by atoms with Crippen molar-refractivity contribution in [2.45, 2.75) is 37.8 Å². The number of ether oxygens (including phenoxy) is 1. The van der Waals surface area contributed by atoms with Gasteiger partial charge in [0.25, 0.3) is 5.91 Å². The predicted molar refractivity (Wildman–Crippen MR) is 94.6 cm³/mol. The molecule has 0 heterocycles. The lowest BCUT2D eigenvalue weighted by molar-refractivity contribution is -0.132. The number of amides is 2. The number of likely N-dealkylation sites (N-methyl/N-ethyl adjacent to an activating group) is 1. The second kappa shape index (κ2) is 8.70. The molecule has 0 atom stereocenters. The number of hydrogen-bond acceptors (Lipinski definition) is 3. The highest BCUT2D eigenvalue weighted by atomic mass is 35.5. The molecule has 0 aromatic heterocycles. The quantitative estimate of drug-likeness (QED) is 0.863. The molecular formula is C17H22Cl2N2O3. The van der Waals surface area contributed by atoms with E-state index in [1.807, 2.05) is 0 Å². The van der Waals surface area contributed by atoms with Crippen LogP contribution in [0.4, 0.5) is 0 Å². The van der Waals surface area contributed by atoms with E-state index >= 15 is 0 Å². The van der Waals surface area contributed by atoms with Crippen LogP contribution >= 0.6 is 23.2 Å². The Bertz CT molecular complexity index is 601. The molecular weight excluding hydrogens is 351 g/mol. The van der Waals surface area contributed by atoms with E-state index < -0.39 is 0 Å². The van der Waals surface area contributed by atoms with Crippen LogP contribution in [0.25, 0.3) is 0 Å². The second-order valence-electron chi connectivity index (χ2n) is 5.98. The van der Waals surface area contributed by atoms with Crippen LogP contribution in [0.2, 0.25) is 10.0 Å². The number of hydrogen-bond donors (Lipinski definition) is 1. The zero-order valence-electron chi connectivity index (χ0n) is 13.9. The van der Waals surface area contributed by atoms with Gasteiger partial charge in [0.1, 0.15) is 0 Å². The number of rotatable bonds is 5. The van der Waals surface area contributed by atoms with Crippen LogP contribution < -0.4 is 5.32 Å². The third kappa shape index (κ3) is 4.85. The first-order chi connectivity index (χ1) is 11.4. The summed E-state index contributed by atoms with van der Waals surface area (Å²) >= 11 is 11.7. The zero-order chi connectivity index (χ0) is 17.7. The minimum absolute atomic E-state index is 0.0419. The van der Waals surface area contributed by atoms with Crippen molar-refractivity contribution in [2.24, 2.45) is 0 Å². The molecule has 24 heavy (non-hydrogen) atoms. The van der Waals surface area contributed by atoms with Gasteiger partial charge in [0.15, 0.2) is 0 Å². The average Bonchev–Trinajstić information content (AvgIpc) is 2.61. The Kier molecular flexibility index (Phi) is 6.90. The summed E-state index contributed by atoms with van der Waals surface area (Å²) in [6.45, 7) is -0.0419. The van der Waals surface area contributed by atoms with Crippen molar-refractivity contribution in [1.82, 2.24) is 10.2 Å². The number of halogens is 2. The van der Waals surface area contributed by atoms with Crippen LogP contribution in [0, 0.1) is 0 Å². The van der Waals surface area contributed by atoms with Crippen molar-refractivity contribution in [2.75, 3.05) is 20.7 Å². The van der Waals surface area contributed by atoms with Crippen molar-refractivity contribution >= 4 is 35.0 Å². The molecule has 1 aliphatic rings. The molecule has 1 aliphatic carbocycles. The van der Waals surface area contributed by atoms with Gasteiger partial charge in [-0.1, -0.05) is 23.2 Å². The number of nitrogens with one attached hydrogen (secondary N) is 1. The van der Waals surface area contributed by atoms with Crippen molar-refractivity contribution in [3.8, 4) is 0 Å². The number of benzene rings is 1. The van der Waals surface area contributed by atoms with Crippen LogP contribution in [0.15, 0.2) is 18.2 Å². The van der Waals surface area contributed by atoms with Crippen molar-refractivity contribution in [3.05, 3.63) is 33.8 Å². The van der Waals surface area contributed by atoms with Gasteiger partial charge in [-0.2, -0.15) is 0 Å². The summed E-state index contributed by atoms with van der Waals surface area (Å²) in [6, 6.07) is 4.82. The molecule has 1 aromatic carbocycles. The minimum atomic E-state index is -0.349. The third-order valence-electron chi connectivity index (χ3n) is 4.50. The highest BCUT2D eigenvalue weighted by Crippen LogP contribution is 2.24. The lowest BCUT2D eigenvalue weighted by Gasteiger charge is -2.34. The van der Waals surface area contributed by atoms with Crippen LogP contribution in [-0.2, 0) is 9.53 Å². The summed E-state index contributed by atoms with van der Waals surface area (Å²) in [5, 5.41) is 3.32. The fourth-order valence-electron chi connectivity index (χ4n) is 2.89. The Balaban J connectivity index is 1.83. The Hall–Kier alpha value is -1.30. The molecule has 0 spiro atoms. The minimum Gasteiger partial charge on any atom is -0.381 e. The van der Waals surface area contributed by atoms with Gasteiger partial charge in [-0.25, -0.2) is 0 Å². The maximum Gasteiger partial charge on any atom is 0.251 e. The summed E-state index contributed by atoms with van der Waals surface area (Å²) < 4.78 is 5.35. The molecule has 0 unspecified atom stereocenters. The molecule has 1 fully saturated rings. The van der Waals surface area contributed by atoms with Crippen LogP contribution in [0.3, 0.4) is 0 Å². The Morgan fingerprint density at radius 3 is 2.46 bits per heavy atom. The van der Waals surface area contributed by atoms with Gasteiger partial charge in [0, 0.05) is 25.8 Å². The van der Waals surface area contributed by atoms with E-state index in [2.05, 4.69) is 5.32 Å². The summed E-state index contributed by atoms with van der Waals surface area (Å²) in [6.07, 6.45) is 4.03. The molecule has 0 bridgehead atoms. The Morgan fingerprint density at radius 1 is 1.21 bits per heavy atom. The van der Waals surface area contributed by atoms with Crippen molar-refractivity contribution in [1.29, 1.82) is 0 Å². The first kappa shape index (κ1) is 19.0. The first-order valence-corrected chi connectivity index (χ1v) is 8.69. The molecule has 5 nitrogen and oxygen atoms in total. The van der Waals surface area contributed by atoms with E-state index in [9.17, 15) is 9.59 Å². The summed E-state index contributed by atoms with van der Waals surface area (Å²) in [4.78, 5) is 26.1. The highest BCUT2D eigenvalue weighted by Gasteiger charge is 2.26. The normalized spacial score (nSPS) is 20.5. The van der Waals surface area contributed by atoms with E-state index in [-0.39, 0.29) is 24.4 Å². The molecule has 1 aromatic rings. The lowest BCUT2D eigenvalue weighted by atomic mass is 9.92. The Morgan fingerprint density at radius 2 is 1.88 bits per heavy atom. The van der Waals surface area contributed by atoms with Gasteiger partial charge in [-0.05, 0) is 43.9 Å². The van der Waals surface area contributed by atoms with Gasteiger partial charge in [-0.3, -0.25) is 9.59 Å². The fraction of sp³-hybridized carbons (Fsp3) is 0.529. The standard InChI is InChI=1S/C17H22Cl2N2O3/c1-21(12-4-6-13(24-2)7-5-12)16(22)10-20-17(23)11-3-8-14(18)15(19)9-11/h3,8-9,12-13H,4-7,10H2,1-2H3,(H,20,23). The van der Waals surface area contributed by atoms with Gasteiger partial charge in [0.05, 0.1) is 22.7 Å². The van der Waals surface area contributed by atoms with Gasteiger partial charge < -0.3 is 15.0 Å². The van der Waals surface area contributed by atoms with Gasteiger partial charge in [0.2, 0.25) is 5.91 Å². The SMILES string of the molecule is COC1CCC(N(C)C(=O)CNC(=O)c2ccc(Cl)c(Cl)c2)CC1. The fourth-order valence-corrected chi connectivity index (χ4v) is 3.19. The molecule has 1 N–H and O–H groups in total. The summed E-state index contributed by atoms with van der Waals surface area (Å²) in [5.74, 6) is -0.456. The lowest BCUT2D eigenvalue weighted by Crippen LogP contribution is -2.45. The van der Waals surface area contributed by atoms with E-state index in [4.69, 9.17) is 27.9 Å². The van der Waals surface area contributed by atoms with E-state index in [0.29, 0.717) is 21.7 Å². The van der Waals surface area contributed by atoms with Crippen LogP contribution in [0.5, 0.6) is 0 Å². The van der Waals surface area contributed by atoms with E-state index in [1.165, 1.54) is 6.07 Å². The largest absolute Gasteiger partial charge is 0.381 e. The van der Waals surface area contributed by atoms with Gasteiger partial charge in [-0.15, -0.1) is 0 Å². The van der Waals surface area contributed by atoms with E-state index in [1.54, 1.807) is 31.2 Å². The molecule has 7 heteroatoms. The molecule has 2 rings (SSSR count). The second-order valence-corrected chi connectivity index (χ2v) is 6.80. The molecule has 1 saturated carbocycles. The number of carbonyl (C=O) groups is 2. The van der Waals surface area contributed by atoms with Crippen LogP contribution in [0.1, 0.15) is 36.0 Å². The van der Waals surface area contributed by atoms with E-state index in [0.717, 1.165) is 25.7 Å².